The highest BCUT2D eigenvalue weighted by Crippen LogP contribution is 2.08. The van der Waals surface area contributed by atoms with Crippen LogP contribution in [0.5, 0.6) is 0 Å². The first-order valence-electron chi connectivity index (χ1n) is 3.62. The van der Waals surface area contributed by atoms with Gasteiger partial charge in [0.2, 0.25) is 0 Å². The van der Waals surface area contributed by atoms with Crippen LogP contribution in [0.3, 0.4) is 0 Å². The van der Waals surface area contributed by atoms with Crippen LogP contribution in [0.15, 0.2) is 12.3 Å². The second kappa shape index (κ2) is 5.15. The summed E-state index contributed by atoms with van der Waals surface area (Å²) in [5, 5.41) is 52.9. The Labute approximate surface area is 75.0 Å². The first kappa shape index (κ1) is 12.3. The highest BCUT2D eigenvalue weighted by atomic mass is 16.4. The lowest BCUT2D eigenvalue weighted by Crippen LogP contribution is -2.46. The van der Waals surface area contributed by atoms with E-state index >= 15 is 0 Å². The number of aliphatic hydroxyl groups is 6. The van der Waals surface area contributed by atoms with E-state index in [9.17, 15) is 0 Å². The van der Waals surface area contributed by atoms with Gasteiger partial charge in [0, 0.05) is 0 Å². The fourth-order valence-electron chi connectivity index (χ4n) is 0.719. The van der Waals surface area contributed by atoms with Crippen molar-refractivity contribution in [1.82, 2.24) is 0 Å². The van der Waals surface area contributed by atoms with Crippen LogP contribution in [0.2, 0.25) is 0 Å². The van der Waals surface area contributed by atoms with Gasteiger partial charge in [-0.2, -0.15) is 0 Å². The SMILES string of the molecule is C=C(O)[C@@H](O)[C@@H](O)[C@@H](O)[C@H](O)CO. The zero-order chi connectivity index (χ0) is 10.6. The third kappa shape index (κ3) is 3.29. The van der Waals surface area contributed by atoms with Crippen LogP contribution in [-0.2, 0) is 0 Å². The van der Waals surface area contributed by atoms with Crippen molar-refractivity contribution in [3.63, 3.8) is 0 Å². The van der Waals surface area contributed by atoms with Crippen molar-refractivity contribution in [3.8, 4) is 0 Å². The lowest BCUT2D eigenvalue weighted by Gasteiger charge is -2.24. The van der Waals surface area contributed by atoms with Gasteiger partial charge in [-0.15, -0.1) is 0 Å². The highest BCUT2D eigenvalue weighted by Gasteiger charge is 2.31. The fourth-order valence-corrected chi connectivity index (χ4v) is 0.719. The van der Waals surface area contributed by atoms with Gasteiger partial charge in [0.25, 0.3) is 0 Å². The number of hydrogen-bond acceptors (Lipinski definition) is 6. The molecule has 0 aliphatic carbocycles. The van der Waals surface area contributed by atoms with Crippen LogP contribution in [-0.4, -0.2) is 61.7 Å². The quantitative estimate of drug-likeness (QED) is 0.269. The molecule has 78 valence electrons. The topological polar surface area (TPSA) is 121 Å². The van der Waals surface area contributed by atoms with Crippen molar-refractivity contribution in [1.29, 1.82) is 0 Å². The van der Waals surface area contributed by atoms with Gasteiger partial charge in [-0.3, -0.25) is 0 Å². The molecule has 0 aliphatic heterocycles. The molecule has 0 rings (SSSR count). The van der Waals surface area contributed by atoms with Gasteiger partial charge in [-0.05, 0) is 0 Å². The maximum Gasteiger partial charge on any atom is 0.139 e. The Kier molecular flexibility index (Phi) is 4.89. The summed E-state index contributed by atoms with van der Waals surface area (Å²) in [6, 6.07) is 0. The zero-order valence-corrected chi connectivity index (χ0v) is 6.91. The Bertz CT molecular complexity index is 170. The Morgan fingerprint density at radius 2 is 1.54 bits per heavy atom. The highest BCUT2D eigenvalue weighted by molar-refractivity contribution is 4.96. The average Bonchev–Trinajstić information content (AvgIpc) is 2.12. The molecule has 0 saturated heterocycles. The molecule has 0 aromatic rings. The van der Waals surface area contributed by atoms with E-state index in [0.29, 0.717) is 0 Å². The van der Waals surface area contributed by atoms with Crippen molar-refractivity contribution in [2.45, 2.75) is 24.4 Å². The van der Waals surface area contributed by atoms with Crippen LogP contribution in [0.4, 0.5) is 0 Å². The Hall–Kier alpha value is -0.660. The molecule has 6 nitrogen and oxygen atoms in total. The fraction of sp³-hybridized carbons (Fsp3) is 0.714. The predicted molar refractivity (Wildman–Crippen MR) is 42.9 cm³/mol. The molecule has 0 aromatic heterocycles. The summed E-state index contributed by atoms with van der Waals surface area (Å²) < 4.78 is 0. The molecule has 0 spiro atoms. The first-order valence-corrected chi connectivity index (χ1v) is 3.62. The maximum absolute atomic E-state index is 9.07. The van der Waals surface area contributed by atoms with Crippen molar-refractivity contribution >= 4 is 0 Å². The van der Waals surface area contributed by atoms with Gasteiger partial charge < -0.3 is 30.6 Å². The van der Waals surface area contributed by atoms with E-state index in [0.717, 1.165) is 0 Å². The molecule has 0 radical (unpaired) electrons. The van der Waals surface area contributed by atoms with Gasteiger partial charge in [0.05, 0.1) is 6.61 Å². The van der Waals surface area contributed by atoms with E-state index < -0.39 is 36.8 Å². The molecule has 6 N–H and O–H groups in total. The standard InChI is InChI=1S/C7H14O6/c1-3(9)5(11)7(13)6(12)4(10)2-8/h4-13H,1-2H2/t4-,5-,6+,7-/m1/s1. The van der Waals surface area contributed by atoms with Gasteiger partial charge >= 0.3 is 0 Å². The van der Waals surface area contributed by atoms with Crippen LogP contribution in [0.25, 0.3) is 0 Å². The second-order valence-electron chi connectivity index (χ2n) is 2.67. The van der Waals surface area contributed by atoms with E-state index in [1.165, 1.54) is 0 Å². The second-order valence-corrected chi connectivity index (χ2v) is 2.67. The molecule has 0 aliphatic rings. The summed E-state index contributed by atoms with van der Waals surface area (Å²) in [5.74, 6) is -0.725. The van der Waals surface area contributed by atoms with E-state index in [1.54, 1.807) is 0 Å². The molecule has 0 bridgehead atoms. The normalized spacial score (nSPS) is 20.4. The first-order chi connectivity index (χ1) is 5.91. The minimum absolute atomic E-state index is 0.725. The van der Waals surface area contributed by atoms with Crippen molar-refractivity contribution in [2.24, 2.45) is 0 Å². The summed E-state index contributed by atoms with van der Waals surface area (Å²) >= 11 is 0. The molecule has 13 heavy (non-hydrogen) atoms. The summed E-state index contributed by atoms with van der Waals surface area (Å²) in [6.45, 7) is 2.17. The smallest absolute Gasteiger partial charge is 0.139 e. The third-order valence-corrected chi connectivity index (χ3v) is 1.60. The summed E-state index contributed by atoms with van der Waals surface area (Å²) in [6.07, 6.45) is -6.87. The predicted octanol–water partition coefficient (Wildman–Crippen LogP) is -2.51. The molecule has 6 heteroatoms. The van der Waals surface area contributed by atoms with E-state index in [1.807, 2.05) is 0 Å². The molecule has 0 fully saturated rings. The van der Waals surface area contributed by atoms with E-state index in [4.69, 9.17) is 30.6 Å². The number of rotatable bonds is 5. The van der Waals surface area contributed by atoms with Crippen molar-refractivity contribution < 1.29 is 30.6 Å². The Morgan fingerprint density at radius 3 is 1.85 bits per heavy atom. The average molecular weight is 194 g/mol. The molecule has 0 heterocycles. The van der Waals surface area contributed by atoms with E-state index in [2.05, 4.69) is 6.58 Å². The Morgan fingerprint density at radius 1 is 1.08 bits per heavy atom. The summed E-state index contributed by atoms with van der Waals surface area (Å²) in [4.78, 5) is 0. The lowest BCUT2D eigenvalue weighted by atomic mass is 10.0. The molecule has 0 aromatic carbocycles. The van der Waals surface area contributed by atoms with Gasteiger partial charge in [0.1, 0.15) is 30.2 Å². The van der Waals surface area contributed by atoms with Crippen molar-refractivity contribution in [2.75, 3.05) is 6.61 Å². The minimum Gasteiger partial charge on any atom is -0.510 e. The number of aliphatic hydroxyl groups excluding tert-OH is 6. The molecular weight excluding hydrogens is 180 g/mol. The molecule has 0 saturated carbocycles. The van der Waals surface area contributed by atoms with Gasteiger partial charge in [-0.25, -0.2) is 0 Å². The van der Waals surface area contributed by atoms with Gasteiger partial charge in [-0.1, -0.05) is 6.58 Å². The molecular formula is C7H14O6. The summed E-state index contributed by atoms with van der Waals surface area (Å²) in [7, 11) is 0. The largest absolute Gasteiger partial charge is 0.510 e. The van der Waals surface area contributed by atoms with Crippen LogP contribution in [0, 0.1) is 0 Å². The minimum atomic E-state index is -1.79. The molecule has 4 atom stereocenters. The van der Waals surface area contributed by atoms with Gasteiger partial charge in [0.15, 0.2) is 0 Å². The van der Waals surface area contributed by atoms with Crippen molar-refractivity contribution in [3.05, 3.63) is 12.3 Å². The maximum atomic E-state index is 9.07. The molecule has 0 unspecified atom stereocenters. The molecule has 0 amide bonds. The van der Waals surface area contributed by atoms with E-state index in [-0.39, 0.29) is 0 Å². The monoisotopic (exact) mass is 194 g/mol. The Balaban J connectivity index is 4.24. The summed E-state index contributed by atoms with van der Waals surface area (Å²) in [5.41, 5.74) is 0. The number of hydrogen-bond donors (Lipinski definition) is 6. The third-order valence-electron chi connectivity index (χ3n) is 1.60. The van der Waals surface area contributed by atoms with Crippen LogP contribution in [0.1, 0.15) is 0 Å². The zero-order valence-electron chi connectivity index (χ0n) is 6.91. The van der Waals surface area contributed by atoms with Crippen LogP contribution >= 0.6 is 0 Å². The lowest BCUT2D eigenvalue weighted by molar-refractivity contribution is -0.112. The van der Waals surface area contributed by atoms with Crippen LogP contribution < -0.4 is 0 Å².